The Morgan fingerprint density at radius 3 is 2.82 bits per heavy atom. The topological polar surface area (TPSA) is 29.5 Å². The Morgan fingerprint density at radius 2 is 2.18 bits per heavy atom. The molecule has 0 unspecified atom stereocenters. The number of amides is 1. The Hall–Kier alpha value is -2.29. The summed E-state index contributed by atoms with van der Waals surface area (Å²) >= 11 is 0. The summed E-state index contributed by atoms with van der Waals surface area (Å²) in [5.74, 6) is 0.732. The van der Waals surface area contributed by atoms with Gasteiger partial charge >= 0.3 is 0 Å². The number of rotatable bonds is 4. The number of allylic oxidation sites excluding steroid dienone is 4. The molecule has 0 bridgehead atoms. The van der Waals surface area contributed by atoms with E-state index in [2.05, 4.69) is 12.7 Å². The van der Waals surface area contributed by atoms with E-state index in [4.69, 9.17) is 4.74 Å². The number of methoxy groups -OCH3 is 1. The maximum Gasteiger partial charge on any atom is 0.258 e. The maximum atomic E-state index is 12.9. The summed E-state index contributed by atoms with van der Waals surface area (Å²) in [5.41, 5.74) is 3.74. The van der Waals surface area contributed by atoms with Gasteiger partial charge in [-0.05, 0) is 56.0 Å². The Morgan fingerprint density at radius 1 is 1.41 bits per heavy atom. The lowest BCUT2D eigenvalue weighted by atomic mass is 10.00. The van der Waals surface area contributed by atoms with Crippen molar-refractivity contribution in [3.8, 4) is 5.75 Å². The van der Waals surface area contributed by atoms with Gasteiger partial charge in [0.05, 0.1) is 7.11 Å². The predicted molar refractivity (Wildman–Crippen MR) is 90.0 cm³/mol. The Labute approximate surface area is 132 Å². The monoisotopic (exact) mass is 297 g/mol. The third kappa shape index (κ3) is 3.14. The largest absolute Gasteiger partial charge is 0.496 e. The van der Waals surface area contributed by atoms with Gasteiger partial charge in [0.1, 0.15) is 5.75 Å². The summed E-state index contributed by atoms with van der Waals surface area (Å²) < 4.78 is 5.32. The molecule has 3 nitrogen and oxygen atoms in total. The minimum absolute atomic E-state index is 0.00472. The van der Waals surface area contributed by atoms with E-state index in [1.54, 1.807) is 13.2 Å². The summed E-state index contributed by atoms with van der Waals surface area (Å²) in [6.07, 6.45) is 7.78. The molecule has 1 aromatic rings. The molecule has 0 aliphatic carbocycles. The van der Waals surface area contributed by atoms with Gasteiger partial charge in [-0.3, -0.25) is 4.79 Å². The maximum absolute atomic E-state index is 12.9. The first-order valence-corrected chi connectivity index (χ1v) is 7.57. The lowest BCUT2D eigenvalue weighted by Crippen LogP contribution is -2.34. The smallest absolute Gasteiger partial charge is 0.258 e. The van der Waals surface area contributed by atoms with Crippen LogP contribution in [0.25, 0.3) is 0 Å². The van der Waals surface area contributed by atoms with E-state index in [-0.39, 0.29) is 5.91 Å². The van der Waals surface area contributed by atoms with Crippen molar-refractivity contribution >= 4 is 5.91 Å². The zero-order valence-electron chi connectivity index (χ0n) is 13.6. The van der Waals surface area contributed by atoms with Crippen LogP contribution < -0.4 is 4.74 Å². The van der Waals surface area contributed by atoms with Crippen molar-refractivity contribution in [1.29, 1.82) is 0 Å². The van der Waals surface area contributed by atoms with E-state index in [1.807, 2.05) is 43.0 Å². The molecule has 1 aliphatic rings. The summed E-state index contributed by atoms with van der Waals surface area (Å²) in [6, 6.07) is 5.58. The fourth-order valence-electron chi connectivity index (χ4n) is 2.78. The predicted octanol–water partition coefficient (Wildman–Crippen LogP) is 4.26. The highest BCUT2D eigenvalue weighted by atomic mass is 16.5. The zero-order valence-corrected chi connectivity index (χ0v) is 13.6. The molecular weight excluding hydrogens is 274 g/mol. The van der Waals surface area contributed by atoms with Crippen LogP contribution in [0, 0.1) is 6.92 Å². The van der Waals surface area contributed by atoms with Crippen LogP contribution in [0.1, 0.15) is 35.7 Å². The van der Waals surface area contributed by atoms with Gasteiger partial charge in [-0.25, -0.2) is 0 Å². The normalized spacial score (nSPS) is 15.3. The van der Waals surface area contributed by atoms with E-state index >= 15 is 0 Å². The van der Waals surface area contributed by atoms with Crippen molar-refractivity contribution in [3.05, 3.63) is 65.4 Å². The molecule has 2 rings (SSSR count). The number of hydrogen-bond donors (Lipinski definition) is 0. The summed E-state index contributed by atoms with van der Waals surface area (Å²) in [6.45, 7) is 8.55. The van der Waals surface area contributed by atoms with Gasteiger partial charge < -0.3 is 9.64 Å². The minimum atomic E-state index is -0.00472. The number of benzene rings is 1. The van der Waals surface area contributed by atoms with Crippen LogP contribution >= 0.6 is 0 Å². The number of carbonyl (C=O) groups is 1. The Kier molecular flexibility index (Phi) is 5.21. The van der Waals surface area contributed by atoms with Crippen LogP contribution in [-0.4, -0.2) is 24.5 Å². The standard InChI is InChI=1S/C19H23NO2/c1-5-8-15-9-7-12-20(17(15)6-2)19(21)16-11-10-14(3)18(13-16)22-4/h5-6,8,10-11,13H,2,7,9,12H2,1,3-4H3/b8-5+. The first-order valence-electron chi connectivity index (χ1n) is 7.57. The van der Waals surface area contributed by atoms with Crippen LogP contribution in [0.15, 0.2) is 54.3 Å². The van der Waals surface area contributed by atoms with Crippen molar-refractivity contribution in [2.75, 3.05) is 13.7 Å². The SMILES string of the molecule is C=CC1=C(/C=C/C)CCCN1C(=O)c1ccc(C)c(OC)c1. The average Bonchev–Trinajstić information content (AvgIpc) is 2.54. The molecular formula is C19H23NO2. The highest BCUT2D eigenvalue weighted by Gasteiger charge is 2.23. The van der Waals surface area contributed by atoms with Gasteiger partial charge in [-0.2, -0.15) is 0 Å². The molecule has 0 saturated carbocycles. The van der Waals surface area contributed by atoms with Gasteiger partial charge in [-0.15, -0.1) is 0 Å². The van der Waals surface area contributed by atoms with Crippen LogP contribution in [-0.2, 0) is 0 Å². The van der Waals surface area contributed by atoms with Crippen molar-refractivity contribution in [3.63, 3.8) is 0 Å². The van der Waals surface area contributed by atoms with Crippen molar-refractivity contribution < 1.29 is 9.53 Å². The van der Waals surface area contributed by atoms with Crippen LogP contribution in [0.5, 0.6) is 5.75 Å². The lowest BCUT2D eigenvalue weighted by molar-refractivity contribution is 0.0800. The zero-order chi connectivity index (χ0) is 16.1. The van der Waals surface area contributed by atoms with Crippen molar-refractivity contribution in [2.45, 2.75) is 26.7 Å². The van der Waals surface area contributed by atoms with Crippen LogP contribution in [0.3, 0.4) is 0 Å². The third-order valence-corrected chi connectivity index (χ3v) is 3.91. The Balaban J connectivity index is 2.39. The number of carbonyl (C=O) groups excluding carboxylic acids is 1. The molecule has 116 valence electrons. The highest BCUT2D eigenvalue weighted by molar-refractivity contribution is 5.96. The quantitative estimate of drug-likeness (QED) is 0.831. The van der Waals surface area contributed by atoms with E-state index in [0.717, 1.165) is 42.0 Å². The van der Waals surface area contributed by atoms with Gasteiger partial charge in [0, 0.05) is 17.8 Å². The fourth-order valence-corrected chi connectivity index (χ4v) is 2.78. The number of hydrogen-bond acceptors (Lipinski definition) is 2. The molecule has 0 N–H and O–H groups in total. The second kappa shape index (κ2) is 7.12. The average molecular weight is 297 g/mol. The van der Waals surface area contributed by atoms with Crippen LogP contribution in [0.4, 0.5) is 0 Å². The molecule has 1 aliphatic heterocycles. The first kappa shape index (κ1) is 16.1. The van der Waals surface area contributed by atoms with E-state index in [0.29, 0.717) is 5.56 Å². The second-order valence-corrected chi connectivity index (χ2v) is 5.36. The minimum Gasteiger partial charge on any atom is -0.496 e. The van der Waals surface area contributed by atoms with Crippen LogP contribution in [0.2, 0.25) is 0 Å². The van der Waals surface area contributed by atoms with E-state index in [1.165, 1.54) is 0 Å². The number of nitrogens with zero attached hydrogens (tertiary/aromatic N) is 1. The summed E-state index contributed by atoms with van der Waals surface area (Å²) in [4.78, 5) is 14.7. The van der Waals surface area contributed by atoms with E-state index < -0.39 is 0 Å². The molecule has 0 fully saturated rings. The van der Waals surface area contributed by atoms with Gasteiger partial charge in [0.2, 0.25) is 0 Å². The van der Waals surface area contributed by atoms with Crippen molar-refractivity contribution in [1.82, 2.24) is 4.90 Å². The molecule has 0 saturated heterocycles. The first-order chi connectivity index (χ1) is 10.6. The Bertz CT molecular complexity index is 641. The van der Waals surface area contributed by atoms with Gasteiger partial charge in [-0.1, -0.05) is 24.8 Å². The van der Waals surface area contributed by atoms with Gasteiger partial charge in [0.25, 0.3) is 5.91 Å². The summed E-state index contributed by atoms with van der Waals surface area (Å²) in [5, 5.41) is 0. The molecule has 0 radical (unpaired) electrons. The van der Waals surface area contributed by atoms with Gasteiger partial charge in [0.15, 0.2) is 0 Å². The van der Waals surface area contributed by atoms with Crippen molar-refractivity contribution in [2.24, 2.45) is 0 Å². The molecule has 0 aromatic heterocycles. The lowest BCUT2D eigenvalue weighted by Gasteiger charge is -2.30. The number of ether oxygens (including phenoxy) is 1. The third-order valence-electron chi connectivity index (χ3n) is 3.91. The van der Waals surface area contributed by atoms with E-state index in [9.17, 15) is 4.79 Å². The molecule has 0 atom stereocenters. The molecule has 1 heterocycles. The fraction of sp³-hybridized carbons (Fsp3) is 0.316. The summed E-state index contributed by atoms with van der Waals surface area (Å²) in [7, 11) is 1.62. The number of aryl methyl sites for hydroxylation is 1. The highest BCUT2D eigenvalue weighted by Crippen LogP contribution is 2.27. The molecule has 3 heteroatoms. The molecule has 0 spiro atoms. The molecule has 1 amide bonds. The second-order valence-electron chi connectivity index (χ2n) is 5.36. The molecule has 1 aromatic carbocycles. The molecule has 22 heavy (non-hydrogen) atoms.